The summed E-state index contributed by atoms with van der Waals surface area (Å²) >= 11 is 3.54. The number of hydrogen-bond acceptors (Lipinski definition) is 2. The van der Waals surface area contributed by atoms with Gasteiger partial charge in [-0.25, -0.2) is 0 Å². The summed E-state index contributed by atoms with van der Waals surface area (Å²) in [6, 6.07) is 8.08. The van der Waals surface area contributed by atoms with Gasteiger partial charge in [-0.2, -0.15) is 0 Å². The molecule has 1 aromatic rings. The largest absolute Gasteiger partial charge is 0.390 e. The van der Waals surface area contributed by atoms with E-state index < -0.39 is 6.10 Å². The van der Waals surface area contributed by atoms with Gasteiger partial charge in [-0.3, -0.25) is 0 Å². The maximum absolute atomic E-state index is 10.5. The van der Waals surface area contributed by atoms with Crippen molar-refractivity contribution < 1.29 is 9.84 Å². The maximum Gasteiger partial charge on any atom is 0.0861 e. The normalized spacial score (nSPS) is 20.2. The first-order chi connectivity index (χ1) is 9.22. The van der Waals surface area contributed by atoms with Crippen LogP contribution in [0.1, 0.15) is 37.7 Å². The molecule has 1 aliphatic rings. The van der Waals surface area contributed by atoms with Gasteiger partial charge in [-0.05, 0) is 30.4 Å². The number of aliphatic hydroxyl groups excluding tert-OH is 1. The molecule has 1 fully saturated rings. The van der Waals surface area contributed by atoms with Crippen LogP contribution < -0.4 is 0 Å². The molecule has 2 unspecified atom stereocenters. The quantitative estimate of drug-likeness (QED) is 0.887. The molecule has 2 atom stereocenters. The third-order valence-electron chi connectivity index (χ3n) is 4.15. The number of rotatable bonds is 5. The van der Waals surface area contributed by atoms with Crippen molar-refractivity contribution in [1.82, 2.24) is 0 Å². The fourth-order valence-corrected chi connectivity index (χ4v) is 3.58. The molecule has 0 aliphatic heterocycles. The van der Waals surface area contributed by atoms with Gasteiger partial charge in [0.1, 0.15) is 0 Å². The van der Waals surface area contributed by atoms with E-state index in [1.807, 2.05) is 18.2 Å². The van der Waals surface area contributed by atoms with E-state index in [4.69, 9.17) is 4.74 Å². The molecule has 0 spiro atoms. The van der Waals surface area contributed by atoms with Crippen molar-refractivity contribution in [2.45, 2.75) is 50.7 Å². The Morgan fingerprint density at radius 3 is 2.58 bits per heavy atom. The fraction of sp³-hybridized carbons (Fsp3) is 0.625. The first kappa shape index (κ1) is 15.0. The Labute approximate surface area is 124 Å². The smallest absolute Gasteiger partial charge is 0.0861 e. The van der Waals surface area contributed by atoms with Crippen LogP contribution in [0.5, 0.6) is 0 Å². The van der Waals surface area contributed by atoms with Crippen molar-refractivity contribution >= 4 is 15.9 Å². The molecule has 2 nitrogen and oxygen atoms in total. The van der Waals surface area contributed by atoms with Crippen molar-refractivity contribution in [2.24, 2.45) is 5.92 Å². The molecule has 19 heavy (non-hydrogen) atoms. The summed E-state index contributed by atoms with van der Waals surface area (Å²) in [7, 11) is 1.72. The Bertz CT molecular complexity index is 388. The van der Waals surface area contributed by atoms with E-state index in [0.29, 0.717) is 12.3 Å². The summed E-state index contributed by atoms with van der Waals surface area (Å²) in [4.78, 5) is 0. The van der Waals surface area contributed by atoms with Crippen LogP contribution >= 0.6 is 15.9 Å². The molecule has 0 bridgehead atoms. The molecule has 1 N–H and O–H groups in total. The van der Waals surface area contributed by atoms with Crippen LogP contribution in [0.25, 0.3) is 0 Å². The van der Waals surface area contributed by atoms with E-state index in [1.165, 1.54) is 32.1 Å². The van der Waals surface area contributed by atoms with Crippen molar-refractivity contribution in [2.75, 3.05) is 7.11 Å². The topological polar surface area (TPSA) is 29.5 Å². The summed E-state index contributed by atoms with van der Waals surface area (Å²) in [5.41, 5.74) is 1.15. The Hall–Kier alpha value is -0.380. The highest BCUT2D eigenvalue weighted by Crippen LogP contribution is 2.30. The van der Waals surface area contributed by atoms with Crippen molar-refractivity contribution in [3.8, 4) is 0 Å². The van der Waals surface area contributed by atoms with Gasteiger partial charge in [0.25, 0.3) is 0 Å². The minimum Gasteiger partial charge on any atom is -0.390 e. The highest BCUT2D eigenvalue weighted by molar-refractivity contribution is 9.10. The number of halogens is 1. The minimum absolute atomic E-state index is 0.0348. The summed E-state index contributed by atoms with van der Waals surface area (Å²) < 4.78 is 6.66. The molecular formula is C16H23BrO2. The van der Waals surface area contributed by atoms with E-state index in [1.54, 1.807) is 7.11 Å². The summed E-state index contributed by atoms with van der Waals surface area (Å²) in [6.45, 7) is 0. The van der Waals surface area contributed by atoms with Gasteiger partial charge in [-0.15, -0.1) is 0 Å². The SMILES string of the molecule is COC(C(O)Cc1ccccc1Br)C1CCCCC1. The zero-order chi connectivity index (χ0) is 13.7. The van der Waals surface area contributed by atoms with Crippen LogP contribution in [-0.4, -0.2) is 24.4 Å². The molecule has 0 amide bonds. The summed E-state index contributed by atoms with van der Waals surface area (Å²) in [5, 5.41) is 10.5. The molecule has 3 heteroatoms. The van der Waals surface area contributed by atoms with Gasteiger partial charge in [0, 0.05) is 18.0 Å². The van der Waals surface area contributed by atoms with Gasteiger partial charge in [0.2, 0.25) is 0 Å². The zero-order valence-corrected chi connectivity index (χ0v) is 13.1. The van der Waals surface area contributed by atoms with Gasteiger partial charge in [-0.1, -0.05) is 53.4 Å². The fourth-order valence-electron chi connectivity index (χ4n) is 3.13. The monoisotopic (exact) mass is 326 g/mol. The van der Waals surface area contributed by atoms with Gasteiger partial charge in [0.15, 0.2) is 0 Å². The molecule has 1 saturated carbocycles. The zero-order valence-electron chi connectivity index (χ0n) is 11.5. The average Bonchev–Trinajstić information content (AvgIpc) is 2.43. The number of hydrogen-bond donors (Lipinski definition) is 1. The Kier molecular flexibility index (Phi) is 5.86. The van der Waals surface area contributed by atoms with Crippen molar-refractivity contribution in [3.05, 3.63) is 34.3 Å². The van der Waals surface area contributed by atoms with Crippen LogP contribution in [-0.2, 0) is 11.2 Å². The lowest BCUT2D eigenvalue weighted by molar-refractivity contribution is -0.0536. The minimum atomic E-state index is -0.424. The predicted octanol–water partition coefficient (Wildman–Crippen LogP) is 3.95. The van der Waals surface area contributed by atoms with E-state index in [0.717, 1.165) is 10.0 Å². The van der Waals surface area contributed by atoms with Crippen molar-refractivity contribution in [1.29, 1.82) is 0 Å². The molecule has 0 heterocycles. The van der Waals surface area contributed by atoms with Crippen LogP contribution in [0.15, 0.2) is 28.7 Å². The highest BCUT2D eigenvalue weighted by Gasteiger charge is 2.29. The third kappa shape index (κ3) is 4.04. The summed E-state index contributed by atoms with van der Waals surface area (Å²) in [5.74, 6) is 0.510. The lowest BCUT2D eigenvalue weighted by Crippen LogP contribution is -2.37. The van der Waals surface area contributed by atoms with E-state index in [-0.39, 0.29) is 6.10 Å². The van der Waals surface area contributed by atoms with E-state index in [9.17, 15) is 5.11 Å². The molecule has 1 aromatic carbocycles. The predicted molar refractivity (Wildman–Crippen MR) is 81.2 cm³/mol. The van der Waals surface area contributed by atoms with Crippen LogP contribution in [0, 0.1) is 5.92 Å². The van der Waals surface area contributed by atoms with Crippen LogP contribution in [0.2, 0.25) is 0 Å². The van der Waals surface area contributed by atoms with Crippen LogP contribution in [0.4, 0.5) is 0 Å². The Morgan fingerprint density at radius 1 is 1.26 bits per heavy atom. The number of benzene rings is 1. The van der Waals surface area contributed by atoms with E-state index in [2.05, 4.69) is 22.0 Å². The van der Waals surface area contributed by atoms with E-state index >= 15 is 0 Å². The van der Waals surface area contributed by atoms with Crippen LogP contribution in [0.3, 0.4) is 0 Å². The Morgan fingerprint density at radius 2 is 1.95 bits per heavy atom. The van der Waals surface area contributed by atoms with Crippen molar-refractivity contribution in [3.63, 3.8) is 0 Å². The second-order valence-electron chi connectivity index (χ2n) is 5.46. The number of ether oxygens (including phenoxy) is 1. The lowest BCUT2D eigenvalue weighted by atomic mass is 9.82. The number of aliphatic hydroxyl groups is 1. The first-order valence-electron chi connectivity index (χ1n) is 7.16. The molecule has 0 radical (unpaired) electrons. The van der Waals surface area contributed by atoms with Gasteiger partial charge >= 0.3 is 0 Å². The molecule has 1 aliphatic carbocycles. The first-order valence-corrected chi connectivity index (χ1v) is 7.96. The number of methoxy groups -OCH3 is 1. The van der Waals surface area contributed by atoms with Gasteiger partial charge < -0.3 is 9.84 Å². The standard InChI is InChI=1S/C16H23BrO2/c1-19-16(12-7-3-2-4-8-12)15(18)11-13-9-5-6-10-14(13)17/h5-6,9-10,12,15-16,18H,2-4,7-8,11H2,1H3. The maximum atomic E-state index is 10.5. The highest BCUT2D eigenvalue weighted by atomic mass is 79.9. The second-order valence-corrected chi connectivity index (χ2v) is 6.32. The summed E-state index contributed by atoms with van der Waals surface area (Å²) in [6.07, 6.45) is 6.43. The van der Waals surface area contributed by atoms with Gasteiger partial charge in [0.05, 0.1) is 12.2 Å². The third-order valence-corrected chi connectivity index (χ3v) is 4.93. The molecule has 0 saturated heterocycles. The lowest BCUT2D eigenvalue weighted by Gasteiger charge is -2.32. The average molecular weight is 327 g/mol. The molecule has 2 rings (SSSR count). The molecule has 106 valence electrons. The molecule has 0 aromatic heterocycles. The Balaban J connectivity index is 2.00. The second kappa shape index (κ2) is 7.41. The molecular weight excluding hydrogens is 304 g/mol.